The molecule has 0 aliphatic heterocycles. The zero-order chi connectivity index (χ0) is 21.4. The third kappa shape index (κ3) is 7.54. The molecule has 5 heteroatoms. The highest BCUT2D eigenvalue weighted by molar-refractivity contribution is 5.75. The number of aliphatic hydroxyl groups is 2. The van der Waals surface area contributed by atoms with Gasteiger partial charge in [0.15, 0.2) is 0 Å². The highest BCUT2D eigenvalue weighted by atomic mass is 16.3. The number of rotatable bonds is 12. The first-order chi connectivity index (χ1) is 13.7. The molecule has 2 aliphatic rings. The van der Waals surface area contributed by atoms with Gasteiger partial charge in [-0.3, -0.25) is 4.79 Å². The van der Waals surface area contributed by atoms with Crippen LogP contribution in [-0.4, -0.2) is 59.9 Å². The van der Waals surface area contributed by atoms with Crippen molar-refractivity contribution in [2.75, 3.05) is 27.2 Å². The smallest absolute Gasteiger partial charge is 0.223 e. The molecule has 29 heavy (non-hydrogen) atoms. The van der Waals surface area contributed by atoms with Crippen LogP contribution >= 0.6 is 0 Å². The van der Waals surface area contributed by atoms with Gasteiger partial charge in [-0.15, -0.1) is 0 Å². The Bertz CT molecular complexity index is 583. The van der Waals surface area contributed by atoms with Gasteiger partial charge in [-0.05, 0) is 57.4 Å². The number of hydrogen-bond donors (Lipinski definition) is 3. The highest BCUT2D eigenvalue weighted by Gasteiger charge is 2.43. The van der Waals surface area contributed by atoms with E-state index in [1.807, 2.05) is 6.92 Å². The van der Waals surface area contributed by atoms with E-state index >= 15 is 0 Å². The predicted molar refractivity (Wildman–Crippen MR) is 118 cm³/mol. The molecule has 1 saturated carbocycles. The fraction of sp³-hybridized carbons (Fsp3) is 0.792. The van der Waals surface area contributed by atoms with Crippen molar-refractivity contribution >= 4 is 5.91 Å². The molecule has 2 rings (SSSR count). The minimum Gasteiger partial charge on any atom is -0.392 e. The van der Waals surface area contributed by atoms with Crippen LogP contribution in [0.5, 0.6) is 0 Å². The Morgan fingerprint density at radius 1 is 1.38 bits per heavy atom. The minimum absolute atomic E-state index is 0.157. The zero-order valence-electron chi connectivity index (χ0n) is 18.9. The Morgan fingerprint density at radius 3 is 2.83 bits per heavy atom. The molecule has 166 valence electrons. The number of allylic oxidation sites excluding steroid dienone is 1. The lowest BCUT2D eigenvalue weighted by Gasteiger charge is -2.22. The standard InChI is InChI=1S/C24H42N2O3/c1-5-6-11-24(2,29)12-7-8-20-21-16-18(15-19(21)17-22(20)27)9-13-25-14-10-23(28)26(3)4/h7-8,15,19-22,25,27,29H,5-6,9-14,16-17H2,1-4H3/t19-,20+,21-,22+,24-/m0/s1. The molecular formula is C24H42N2O3. The largest absolute Gasteiger partial charge is 0.392 e. The van der Waals surface area contributed by atoms with E-state index in [4.69, 9.17) is 0 Å². The normalized spacial score (nSPS) is 28.4. The van der Waals surface area contributed by atoms with Gasteiger partial charge in [0, 0.05) is 33.0 Å². The summed E-state index contributed by atoms with van der Waals surface area (Å²) in [7, 11) is 3.58. The van der Waals surface area contributed by atoms with Crippen LogP contribution in [0.3, 0.4) is 0 Å². The third-order valence-corrected chi connectivity index (χ3v) is 6.57. The Balaban J connectivity index is 1.74. The maximum atomic E-state index is 11.6. The third-order valence-electron chi connectivity index (χ3n) is 6.57. The number of amides is 1. The highest BCUT2D eigenvalue weighted by Crippen LogP contribution is 2.47. The molecule has 0 bridgehead atoms. The van der Waals surface area contributed by atoms with Crippen molar-refractivity contribution in [1.29, 1.82) is 0 Å². The molecule has 5 atom stereocenters. The fourth-order valence-corrected chi connectivity index (χ4v) is 4.72. The maximum absolute atomic E-state index is 11.6. The lowest BCUT2D eigenvalue weighted by Crippen LogP contribution is -2.27. The molecule has 0 heterocycles. The molecule has 0 unspecified atom stereocenters. The van der Waals surface area contributed by atoms with Crippen molar-refractivity contribution in [3.63, 3.8) is 0 Å². The monoisotopic (exact) mass is 406 g/mol. The summed E-state index contributed by atoms with van der Waals surface area (Å²) in [6.45, 7) is 5.67. The number of nitrogens with zero attached hydrogens (tertiary/aromatic N) is 1. The van der Waals surface area contributed by atoms with Gasteiger partial charge >= 0.3 is 0 Å². The number of nitrogens with one attached hydrogen (secondary N) is 1. The van der Waals surface area contributed by atoms with Gasteiger partial charge in [-0.25, -0.2) is 0 Å². The van der Waals surface area contributed by atoms with Crippen LogP contribution in [0.2, 0.25) is 0 Å². The Morgan fingerprint density at radius 2 is 2.14 bits per heavy atom. The molecule has 0 radical (unpaired) electrons. The molecule has 0 aromatic rings. The molecular weight excluding hydrogens is 364 g/mol. The van der Waals surface area contributed by atoms with Crippen molar-refractivity contribution in [2.45, 2.75) is 76.9 Å². The zero-order valence-corrected chi connectivity index (χ0v) is 18.9. The van der Waals surface area contributed by atoms with Gasteiger partial charge in [0.1, 0.15) is 0 Å². The van der Waals surface area contributed by atoms with Crippen LogP contribution in [0.4, 0.5) is 0 Å². The molecule has 3 N–H and O–H groups in total. The number of aliphatic hydroxyl groups excluding tert-OH is 1. The van der Waals surface area contributed by atoms with Gasteiger partial charge in [0.25, 0.3) is 0 Å². The second kappa shape index (κ2) is 11.3. The average molecular weight is 407 g/mol. The van der Waals surface area contributed by atoms with Gasteiger partial charge < -0.3 is 20.4 Å². The number of carbonyl (C=O) groups excluding carboxylic acids is 1. The summed E-state index contributed by atoms with van der Waals surface area (Å²) in [5, 5.41) is 24.3. The van der Waals surface area contributed by atoms with Crippen LogP contribution in [0, 0.1) is 17.8 Å². The maximum Gasteiger partial charge on any atom is 0.223 e. The molecule has 0 aromatic heterocycles. The summed E-state index contributed by atoms with van der Waals surface area (Å²) in [5.74, 6) is 1.32. The van der Waals surface area contributed by atoms with Gasteiger partial charge in [0.05, 0.1) is 11.7 Å². The first-order valence-electron chi connectivity index (χ1n) is 11.4. The number of carbonyl (C=O) groups is 1. The van der Waals surface area contributed by atoms with E-state index in [-0.39, 0.29) is 17.9 Å². The second-order valence-electron chi connectivity index (χ2n) is 9.51. The second-order valence-corrected chi connectivity index (χ2v) is 9.51. The first-order valence-corrected chi connectivity index (χ1v) is 11.4. The predicted octanol–water partition coefficient (Wildman–Crippen LogP) is 3.28. The topological polar surface area (TPSA) is 72.8 Å². The quantitative estimate of drug-likeness (QED) is 0.344. The summed E-state index contributed by atoms with van der Waals surface area (Å²) >= 11 is 0. The Kier molecular flexibility index (Phi) is 9.38. The molecule has 1 fully saturated rings. The van der Waals surface area contributed by atoms with E-state index in [1.165, 1.54) is 5.57 Å². The first kappa shape index (κ1) is 24.1. The van der Waals surface area contributed by atoms with Crippen LogP contribution in [0.15, 0.2) is 23.8 Å². The number of hydrogen-bond acceptors (Lipinski definition) is 4. The lowest BCUT2D eigenvalue weighted by atomic mass is 9.88. The van der Waals surface area contributed by atoms with E-state index in [0.717, 1.165) is 51.6 Å². The average Bonchev–Trinajstić information content (AvgIpc) is 3.17. The summed E-state index contributed by atoms with van der Waals surface area (Å²) in [4.78, 5) is 13.2. The van der Waals surface area contributed by atoms with Crippen molar-refractivity contribution in [3.8, 4) is 0 Å². The van der Waals surface area contributed by atoms with Crippen LogP contribution in [-0.2, 0) is 4.79 Å². The molecule has 5 nitrogen and oxygen atoms in total. The Hall–Kier alpha value is -1.17. The van der Waals surface area contributed by atoms with Crippen molar-refractivity contribution in [3.05, 3.63) is 23.8 Å². The molecule has 0 aromatic carbocycles. The number of unbranched alkanes of at least 4 members (excludes halogenated alkanes) is 1. The van der Waals surface area contributed by atoms with Crippen molar-refractivity contribution in [2.24, 2.45) is 17.8 Å². The van der Waals surface area contributed by atoms with Crippen LogP contribution in [0.25, 0.3) is 0 Å². The van der Waals surface area contributed by atoms with Crippen LogP contribution < -0.4 is 5.32 Å². The SMILES string of the molecule is CCCC[C@](C)(O)CC=C[C@@H]1[C@H]2CC(CCNCCC(=O)N(C)C)=C[C@H]2C[C@H]1O. The molecule has 0 spiro atoms. The van der Waals surface area contributed by atoms with E-state index in [9.17, 15) is 15.0 Å². The molecule has 2 aliphatic carbocycles. The van der Waals surface area contributed by atoms with E-state index < -0.39 is 5.60 Å². The van der Waals surface area contributed by atoms with Crippen LogP contribution in [0.1, 0.15) is 65.2 Å². The van der Waals surface area contributed by atoms with Crippen molar-refractivity contribution in [1.82, 2.24) is 10.2 Å². The summed E-state index contributed by atoms with van der Waals surface area (Å²) in [6.07, 6.45) is 13.4. The summed E-state index contributed by atoms with van der Waals surface area (Å²) in [6, 6.07) is 0. The summed E-state index contributed by atoms with van der Waals surface area (Å²) in [5.41, 5.74) is 0.834. The van der Waals surface area contributed by atoms with E-state index in [0.29, 0.717) is 24.7 Å². The summed E-state index contributed by atoms with van der Waals surface area (Å²) < 4.78 is 0. The molecule has 0 saturated heterocycles. The van der Waals surface area contributed by atoms with E-state index in [1.54, 1.807) is 19.0 Å². The lowest BCUT2D eigenvalue weighted by molar-refractivity contribution is -0.128. The van der Waals surface area contributed by atoms with Gasteiger partial charge in [-0.2, -0.15) is 0 Å². The van der Waals surface area contributed by atoms with Gasteiger partial charge in [0.2, 0.25) is 5.91 Å². The fourth-order valence-electron chi connectivity index (χ4n) is 4.72. The van der Waals surface area contributed by atoms with Gasteiger partial charge in [-0.1, -0.05) is 43.6 Å². The number of fused-ring (bicyclic) bond motifs is 1. The Labute approximate surface area is 177 Å². The molecule has 1 amide bonds. The van der Waals surface area contributed by atoms with E-state index in [2.05, 4.69) is 30.5 Å². The minimum atomic E-state index is -0.645. The van der Waals surface area contributed by atoms with Crippen molar-refractivity contribution < 1.29 is 15.0 Å².